The molecular formula is C15H18BrN3O2S. The Morgan fingerprint density at radius 3 is 2.55 bits per heavy atom. The molecule has 1 aromatic carbocycles. The second-order valence-electron chi connectivity index (χ2n) is 4.77. The van der Waals surface area contributed by atoms with Crippen molar-refractivity contribution in [2.24, 2.45) is 4.99 Å². The van der Waals surface area contributed by atoms with Crippen LogP contribution in [0.2, 0.25) is 0 Å². The first-order valence-corrected chi connectivity index (χ1v) is 8.80. The maximum atomic E-state index is 12.1. The van der Waals surface area contributed by atoms with Gasteiger partial charge in [0.15, 0.2) is 5.17 Å². The van der Waals surface area contributed by atoms with Crippen LogP contribution in [0.5, 0.6) is 0 Å². The highest BCUT2D eigenvalue weighted by Crippen LogP contribution is 2.27. The van der Waals surface area contributed by atoms with Crippen molar-refractivity contribution in [3.05, 3.63) is 28.7 Å². The molecule has 2 amide bonds. The molecule has 0 spiro atoms. The summed E-state index contributed by atoms with van der Waals surface area (Å²) in [5.41, 5.74) is 0.716. The number of anilines is 1. The molecule has 118 valence electrons. The molecule has 1 N–H and O–H groups in total. The predicted molar refractivity (Wildman–Crippen MR) is 94.1 cm³/mol. The van der Waals surface area contributed by atoms with Gasteiger partial charge >= 0.3 is 0 Å². The van der Waals surface area contributed by atoms with E-state index in [0.29, 0.717) is 5.69 Å². The van der Waals surface area contributed by atoms with Crippen LogP contribution >= 0.6 is 27.7 Å². The Hall–Kier alpha value is -1.34. The summed E-state index contributed by atoms with van der Waals surface area (Å²) in [6, 6.07) is 7.33. The van der Waals surface area contributed by atoms with Crippen LogP contribution in [0.15, 0.2) is 33.7 Å². The fourth-order valence-corrected chi connectivity index (χ4v) is 3.51. The Morgan fingerprint density at radius 2 is 1.95 bits per heavy atom. The Labute approximate surface area is 142 Å². The number of rotatable bonds is 5. The Balaban J connectivity index is 1.90. The van der Waals surface area contributed by atoms with Crippen LogP contribution in [0.25, 0.3) is 0 Å². The number of nitrogens with zero attached hydrogens (tertiary/aromatic N) is 2. The highest BCUT2D eigenvalue weighted by molar-refractivity contribution is 9.10. The number of carbonyl (C=O) groups is 2. The fraction of sp³-hybridized carbons (Fsp3) is 0.400. The highest BCUT2D eigenvalue weighted by atomic mass is 79.9. The van der Waals surface area contributed by atoms with E-state index in [0.717, 1.165) is 22.7 Å². The summed E-state index contributed by atoms with van der Waals surface area (Å²) in [6.45, 7) is 5.64. The SMILES string of the molecule is CCN(CC)C1=NC(=O)[C@@H](CC(=O)Nc2ccc(Br)cc2)S1. The first-order chi connectivity index (χ1) is 10.5. The number of hydrogen-bond acceptors (Lipinski definition) is 4. The van der Waals surface area contributed by atoms with Gasteiger partial charge in [0.25, 0.3) is 5.91 Å². The maximum Gasteiger partial charge on any atom is 0.262 e. The first-order valence-electron chi connectivity index (χ1n) is 7.13. The minimum atomic E-state index is -0.425. The summed E-state index contributed by atoms with van der Waals surface area (Å²) in [5.74, 6) is -0.401. The average Bonchev–Trinajstić information content (AvgIpc) is 2.84. The second kappa shape index (κ2) is 7.78. The Bertz CT molecular complexity index is 585. The number of hydrogen-bond donors (Lipinski definition) is 1. The molecule has 0 radical (unpaired) electrons. The number of nitrogens with one attached hydrogen (secondary N) is 1. The van der Waals surface area contributed by atoms with Crippen molar-refractivity contribution in [2.45, 2.75) is 25.5 Å². The number of amides is 2. The molecule has 0 saturated heterocycles. The van der Waals surface area contributed by atoms with E-state index in [9.17, 15) is 9.59 Å². The molecule has 1 heterocycles. The summed E-state index contributed by atoms with van der Waals surface area (Å²) < 4.78 is 0.948. The number of amidine groups is 1. The van der Waals surface area contributed by atoms with Gasteiger partial charge in [0.05, 0.1) is 0 Å². The van der Waals surface area contributed by atoms with Gasteiger partial charge in [-0.2, -0.15) is 4.99 Å². The molecule has 1 aliphatic rings. The largest absolute Gasteiger partial charge is 0.352 e. The van der Waals surface area contributed by atoms with Crippen LogP contribution < -0.4 is 5.32 Å². The number of aliphatic imine (C=N–C) groups is 1. The minimum Gasteiger partial charge on any atom is -0.352 e. The van der Waals surface area contributed by atoms with Crippen LogP contribution in [0.1, 0.15) is 20.3 Å². The van der Waals surface area contributed by atoms with Crippen LogP contribution in [0.3, 0.4) is 0 Å². The fourth-order valence-electron chi connectivity index (χ4n) is 2.05. The van der Waals surface area contributed by atoms with Gasteiger partial charge in [-0.25, -0.2) is 0 Å². The third kappa shape index (κ3) is 4.33. The molecule has 1 aliphatic heterocycles. The Kier molecular flexibility index (Phi) is 6.02. The molecule has 0 aliphatic carbocycles. The molecule has 0 bridgehead atoms. The molecule has 0 unspecified atom stereocenters. The van der Waals surface area contributed by atoms with Gasteiger partial charge in [-0.3, -0.25) is 9.59 Å². The van der Waals surface area contributed by atoms with E-state index in [1.807, 2.05) is 43.0 Å². The van der Waals surface area contributed by atoms with E-state index in [-0.39, 0.29) is 18.2 Å². The lowest BCUT2D eigenvalue weighted by atomic mass is 10.2. The summed E-state index contributed by atoms with van der Waals surface area (Å²) in [5, 5.41) is 3.09. The zero-order valence-electron chi connectivity index (χ0n) is 12.5. The molecule has 5 nitrogen and oxygen atoms in total. The predicted octanol–water partition coefficient (Wildman–Crippen LogP) is 3.12. The molecule has 7 heteroatoms. The topological polar surface area (TPSA) is 61.8 Å². The zero-order chi connectivity index (χ0) is 16.1. The van der Waals surface area contributed by atoms with E-state index in [4.69, 9.17) is 0 Å². The van der Waals surface area contributed by atoms with E-state index >= 15 is 0 Å². The van der Waals surface area contributed by atoms with Crippen LogP contribution in [-0.2, 0) is 9.59 Å². The van der Waals surface area contributed by atoms with Gasteiger partial charge in [0.2, 0.25) is 5.91 Å². The molecule has 0 aromatic heterocycles. The summed E-state index contributed by atoms with van der Waals surface area (Å²) >= 11 is 4.72. The average molecular weight is 384 g/mol. The second-order valence-corrected chi connectivity index (χ2v) is 6.86. The molecule has 1 aromatic rings. The van der Waals surface area contributed by atoms with Crippen molar-refractivity contribution in [1.29, 1.82) is 0 Å². The molecule has 0 saturated carbocycles. The normalized spacial score (nSPS) is 17.3. The molecule has 1 atom stereocenters. The molecule has 0 fully saturated rings. The van der Waals surface area contributed by atoms with Crippen LogP contribution in [0.4, 0.5) is 5.69 Å². The van der Waals surface area contributed by atoms with Gasteiger partial charge in [-0.05, 0) is 38.1 Å². The van der Waals surface area contributed by atoms with Gasteiger partial charge < -0.3 is 10.2 Å². The maximum absolute atomic E-state index is 12.1. The Morgan fingerprint density at radius 1 is 1.32 bits per heavy atom. The lowest BCUT2D eigenvalue weighted by Gasteiger charge is -2.19. The number of halogens is 1. The third-order valence-corrected chi connectivity index (χ3v) is 5.00. The smallest absolute Gasteiger partial charge is 0.262 e. The standard InChI is InChI=1S/C15H18BrN3O2S/c1-3-19(4-2)15-18-14(21)12(22-15)9-13(20)17-11-7-5-10(16)6-8-11/h5-8,12H,3-4,9H2,1-2H3,(H,17,20)/t12-/m1/s1. The number of carbonyl (C=O) groups excluding carboxylic acids is 2. The summed E-state index contributed by atoms with van der Waals surface area (Å²) in [7, 11) is 0. The van der Waals surface area contributed by atoms with Crippen molar-refractivity contribution in [1.82, 2.24) is 4.90 Å². The van der Waals surface area contributed by atoms with Crippen molar-refractivity contribution >= 4 is 50.4 Å². The zero-order valence-corrected chi connectivity index (χ0v) is 14.9. The minimum absolute atomic E-state index is 0.133. The van der Waals surface area contributed by atoms with Crippen molar-refractivity contribution in [2.75, 3.05) is 18.4 Å². The van der Waals surface area contributed by atoms with Crippen LogP contribution in [-0.4, -0.2) is 40.2 Å². The van der Waals surface area contributed by atoms with Crippen LogP contribution in [0, 0.1) is 0 Å². The molecule has 2 rings (SSSR count). The van der Waals surface area contributed by atoms with Crippen molar-refractivity contribution in [3.63, 3.8) is 0 Å². The van der Waals surface area contributed by atoms with E-state index < -0.39 is 5.25 Å². The van der Waals surface area contributed by atoms with Gasteiger partial charge in [-0.1, -0.05) is 27.7 Å². The lowest BCUT2D eigenvalue weighted by Crippen LogP contribution is -2.27. The molecule has 22 heavy (non-hydrogen) atoms. The molecular weight excluding hydrogens is 366 g/mol. The summed E-state index contributed by atoms with van der Waals surface area (Å²) in [4.78, 5) is 30.1. The van der Waals surface area contributed by atoms with E-state index in [2.05, 4.69) is 26.2 Å². The van der Waals surface area contributed by atoms with Gasteiger partial charge in [0.1, 0.15) is 5.25 Å². The number of thioether (sulfide) groups is 1. The first kappa shape index (κ1) is 17.0. The van der Waals surface area contributed by atoms with Crippen molar-refractivity contribution < 1.29 is 9.59 Å². The van der Waals surface area contributed by atoms with E-state index in [1.165, 1.54) is 11.8 Å². The summed E-state index contributed by atoms with van der Waals surface area (Å²) in [6.07, 6.45) is 0.133. The lowest BCUT2D eigenvalue weighted by molar-refractivity contribution is -0.121. The van der Waals surface area contributed by atoms with Crippen molar-refractivity contribution in [3.8, 4) is 0 Å². The van der Waals surface area contributed by atoms with Gasteiger partial charge in [0, 0.05) is 29.7 Å². The quantitative estimate of drug-likeness (QED) is 0.848. The highest BCUT2D eigenvalue weighted by Gasteiger charge is 2.32. The monoisotopic (exact) mass is 383 g/mol. The van der Waals surface area contributed by atoms with E-state index in [1.54, 1.807) is 0 Å². The van der Waals surface area contributed by atoms with Gasteiger partial charge in [-0.15, -0.1) is 0 Å². The third-order valence-electron chi connectivity index (χ3n) is 3.26. The number of benzene rings is 1.